The normalized spacial score (nSPS) is 13.0. The number of carbonyl (C=O) groups is 1. The molecule has 1 unspecified atom stereocenters. The molecule has 0 aliphatic carbocycles. The zero-order valence-electron chi connectivity index (χ0n) is 15.4. The van der Waals surface area contributed by atoms with E-state index >= 15 is 0 Å². The molecule has 31 heavy (non-hydrogen) atoms. The number of nitrogens with one attached hydrogen (secondary N) is 1. The Bertz CT molecular complexity index is 1060. The number of halogens is 7. The van der Waals surface area contributed by atoms with Crippen molar-refractivity contribution in [1.82, 2.24) is 10.3 Å². The van der Waals surface area contributed by atoms with Crippen LogP contribution in [0.2, 0.25) is 0 Å². The summed E-state index contributed by atoms with van der Waals surface area (Å²) in [6.07, 6.45) is -8.26. The second kappa shape index (κ2) is 8.85. The van der Waals surface area contributed by atoms with E-state index in [-0.39, 0.29) is 11.1 Å². The molecule has 0 bridgehead atoms. The minimum atomic E-state index is -4.78. The summed E-state index contributed by atoms with van der Waals surface area (Å²) in [5.41, 5.74) is -2.37. The molecule has 0 saturated carbocycles. The summed E-state index contributed by atoms with van der Waals surface area (Å²) in [7, 11) is 0. The van der Waals surface area contributed by atoms with E-state index in [9.17, 15) is 31.1 Å². The average molecular weight is 550 g/mol. The van der Waals surface area contributed by atoms with Gasteiger partial charge in [-0.25, -0.2) is 0 Å². The Morgan fingerprint density at radius 2 is 1.48 bits per heavy atom. The van der Waals surface area contributed by atoms with Crippen LogP contribution in [0.15, 0.2) is 66.9 Å². The van der Waals surface area contributed by atoms with Gasteiger partial charge in [-0.1, -0.05) is 12.1 Å². The summed E-state index contributed by atoms with van der Waals surface area (Å²) in [5.74, 6) is -0.694. The first-order valence-corrected chi connectivity index (χ1v) is 9.80. The first kappa shape index (κ1) is 23.0. The largest absolute Gasteiger partial charge is 0.418 e. The smallest absolute Gasteiger partial charge is 0.340 e. The van der Waals surface area contributed by atoms with Crippen LogP contribution in [0.3, 0.4) is 0 Å². The summed E-state index contributed by atoms with van der Waals surface area (Å²) >= 11 is 2.03. The van der Waals surface area contributed by atoms with Crippen LogP contribution in [-0.4, -0.2) is 10.9 Å². The maximum absolute atomic E-state index is 13.5. The number of alkyl halides is 6. The zero-order valence-corrected chi connectivity index (χ0v) is 17.6. The predicted octanol–water partition coefficient (Wildman–Crippen LogP) is 6.24. The number of rotatable bonds is 4. The van der Waals surface area contributed by atoms with E-state index in [0.717, 1.165) is 46.2 Å². The first-order chi connectivity index (χ1) is 14.5. The third-order valence-corrected chi connectivity index (χ3v) is 5.09. The Labute approximate surface area is 186 Å². The average Bonchev–Trinajstić information content (AvgIpc) is 2.71. The van der Waals surface area contributed by atoms with E-state index in [1.807, 2.05) is 22.6 Å². The van der Waals surface area contributed by atoms with Crippen LogP contribution in [0.1, 0.15) is 38.8 Å². The first-order valence-electron chi connectivity index (χ1n) is 8.72. The number of pyridine rings is 1. The lowest BCUT2D eigenvalue weighted by atomic mass is 9.97. The highest BCUT2D eigenvalue weighted by Gasteiger charge is 2.37. The monoisotopic (exact) mass is 550 g/mol. The van der Waals surface area contributed by atoms with Gasteiger partial charge in [-0.3, -0.25) is 9.78 Å². The highest BCUT2D eigenvalue weighted by atomic mass is 127. The summed E-state index contributed by atoms with van der Waals surface area (Å²) in [4.78, 5) is 16.5. The van der Waals surface area contributed by atoms with Crippen LogP contribution in [0.4, 0.5) is 26.3 Å². The lowest BCUT2D eigenvalue weighted by Crippen LogP contribution is -2.31. The van der Waals surface area contributed by atoms with Crippen molar-refractivity contribution in [2.75, 3.05) is 0 Å². The quantitative estimate of drug-likeness (QED) is 0.309. The van der Waals surface area contributed by atoms with Gasteiger partial charge in [-0.05, 0) is 76.7 Å². The number of benzene rings is 2. The molecule has 10 heteroatoms. The van der Waals surface area contributed by atoms with Gasteiger partial charge in [0, 0.05) is 15.3 Å². The number of hydrogen-bond acceptors (Lipinski definition) is 2. The molecule has 1 aromatic heterocycles. The highest BCUT2D eigenvalue weighted by Crippen LogP contribution is 2.36. The maximum Gasteiger partial charge on any atom is 0.418 e. The minimum Gasteiger partial charge on any atom is -0.340 e. The molecule has 3 rings (SSSR count). The van der Waals surface area contributed by atoms with Gasteiger partial charge < -0.3 is 5.32 Å². The molecule has 1 amide bonds. The van der Waals surface area contributed by atoms with Gasteiger partial charge in [-0.2, -0.15) is 26.3 Å². The molecule has 0 aliphatic heterocycles. The third kappa shape index (κ3) is 5.54. The lowest BCUT2D eigenvalue weighted by molar-refractivity contribution is -0.139. The van der Waals surface area contributed by atoms with Gasteiger partial charge >= 0.3 is 12.4 Å². The molecule has 2 aromatic carbocycles. The van der Waals surface area contributed by atoms with Crippen LogP contribution < -0.4 is 5.32 Å². The van der Waals surface area contributed by atoms with Gasteiger partial charge in [0.05, 0.1) is 22.9 Å². The number of nitrogens with zero attached hydrogens (tertiary/aromatic N) is 1. The second-order valence-corrected chi connectivity index (χ2v) is 7.71. The lowest BCUT2D eigenvalue weighted by Gasteiger charge is -2.23. The van der Waals surface area contributed by atoms with Crippen molar-refractivity contribution >= 4 is 28.5 Å². The van der Waals surface area contributed by atoms with Gasteiger partial charge in [0.15, 0.2) is 0 Å². The van der Waals surface area contributed by atoms with Crippen molar-refractivity contribution in [3.8, 4) is 0 Å². The van der Waals surface area contributed by atoms with Crippen LogP contribution in [0, 0.1) is 3.57 Å². The van der Waals surface area contributed by atoms with Crippen molar-refractivity contribution in [1.29, 1.82) is 0 Å². The topological polar surface area (TPSA) is 42.0 Å². The SMILES string of the molecule is O=C(NC(c1ccc(C(F)(F)F)cc1)c1ncccc1C(F)(F)F)c1ccc(I)cc1. The molecular formula is C21H13F6IN2O. The third-order valence-electron chi connectivity index (χ3n) is 4.37. The fraction of sp³-hybridized carbons (Fsp3) is 0.143. The number of carbonyl (C=O) groups excluding carboxylic acids is 1. The Morgan fingerprint density at radius 1 is 0.871 bits per heavy atom. The summed E-state index contributed by atoms with van der Waals surface area (Å²) in [6.45, 7) is 0. The molecule has 0 radical (unpaired) electrons. The molecule has 1 atom stereocenters. The number of aromatic nitrogens is 1. The van der Waals surface area contributed by atoms with Gasteiger partial charge in [0.25, 0.3) is 5.91 Å². The van der Waals surface area contributed by atoms with Crippen molar-refractivity contribution in [2.24, 2.45) is 0 Å². The van der Waals surface area contributed by atoms with E-state index in [2.05, 4.69) is 10.3 Å². The highest BCUT2D eigenvalue weighted by molar-refractivity contribution is 14.1. The van der Waals surface area contributed by atoms with E-state index in [4.69, 9.17) is 0 Å². The Morgan fingerprint density at radius 3 is 2.03 bits per heavy atom. The molecule has 162 valence electrons. The molecule has 0 saturated heterocycles. The molecule has 1 N–H and O–H groups in total. The van der Waals surface area contributed by atoms with Crippen molar-refractivity contribution in [3.05, 3.63) is 98.4 Å². The van der Waals surface area contributed by atoms with Crippen molar-refractivity contribution < 1.29 is 31.1 Å². The van der Waals surface area contributed by atoms with Gasteiger partial charge in [0.2, 0.25) is 0 Å². The van der Waals surface area contributed by atoms with E-state index < -0.39 is 41.1 Å². The standard InChI is InChI=1S/C21H13F6IN2O/c22-20(23,24)14-7-3-12(4-8-14)17(18-16(21(25,26)27)2-1-11-29-18)30-19(31)13-5-9-15(28)10-6-13/h1-11,17H,(H,30,31). The maximum atomic E-state index is 13.5. The van der Waals surface area contributed by atoms with Crippen LogP contribution in [0.25, 0.3) is 0 Å². The molecule has 0 fully saturated rings. The summed E-state index contributed by atoms with van der Waals surface area (Å²) in [5, 5.41) is 2.47. The molecule has 0 aliphatic rings. The minimum absolute atomic E-state index is 0.0241. The van der Waals surface area contributed by atoms with Crippen molar-refractivity contribution in [3.63, 3.8) is 0 Å². The Hall–Kier alpha value is -2.63. The van der Waals surface area contributed by atoms with E-state index in [0.29, 0.717) is 0 Å². The molecule has 1 heterocycles. The zero-order chi connectivity index (χ0) is 22.8. The van der Waals surface area contributed by atoms with Gasteiger partial charge in [-0.15, -0.1) is 0 Å². The fourth-order valence-electron chi connectivity index (χ4n) is 2.88. The number of hydrogen-bond donors (Lipinski definition) is 1. The second-order valence-electron chi connectivity index (χ2n) is 6.47. The number of amides is 1. The van der Waals surface area contributed by atoms with Gasteiger partial charge in [0.1, 0.15) is 0 Å². The predicted molar refractivity (Wildman–Crippen MR) is 109 cm³/mol. The Balaban J connectivity index is 2.07. The fourth-order valence-corrected chi connectivity index (χ4v) is 3.24. The molecule has 0 spiro atoms. The van der Waals surface area contributed by atoms with Crippen LogP contribution in [-0.2, 0) is 12.4 Å². The van der Waals surface area contributed by atoms with Crippen LogP contribution in [0.5, 0.6) is 0 Å². The van der Waals surface area contributed by atoms with E-state index in [1.165, 1.54) is 12.1 Å². The molecule has 3 nitrogen and oxygen atoms in total. The summed E-state index contributed by atoms with van der Waals surface area (Å²) < 4.78 is 80.2. The molecule has 3 aromatic rings. The summed E-state index contributed by atoms with van der Waals surface area (Å²) in [6, 6.07) is 10.3. The van der Waals surface area contributed by atoms with Crippen LogP contribution >= 0.6 is 22.6 Å². The molecular weight excluding hydrogens is 537 g/mol. The van der Waals surface area contributed by atoms with Crippen molar-refractivity contribution in [2.45, 2.75) is 18.4 Å². The van der Waals surface area contributed by atoms with E-state index in [1.54, 1.807) is 12.1 Å². The Kier molecular flexibility index (Phi) is 6.58.